The van der Waals surface area contributed by atoms with Crippen LogP contribution in [-0.2, 0) is 0 Å². The van der Waals surface area contributed by atoms with Crippen LogP contribution < -0.4 is 5.32 Å². The Morgan fingerprint density at radius 1 is 1.26 bits per heavy atom. The van der Waals surface area contributed by atoms with E-state index in [1.165, 1.54) is 42.8 Å². The molecule has 0 radical (unpaired) electrons. The number of hydrogen-bond acceptors (Lipinski definition) is 2. The molecular formula is C17H27NS. The summed E-state index contributed by atoms with van der Waals surface area (Å²) in [5.41, 5.74) is 1.55. The SMILES string of the molecule is CCCCCCC(C)NCC1CSc2ccccc21. The van der Waals surface area contributed by atoms with Gasteiger partial charge in [0.15, 0.2) is 0 Å². The zero-order valence-corrected chi connectivity index (χ0v) is 13.1. The molecule has 0 saturated heterocycles. The van der Waals surface area contributed by atoms with Crippen molar-refractivity contribution in [2.75, 3.05) is 12.3 Å². The molecule has 1 nitrogen and oxygen atoms in total. The van der Waals surface area contributed by atoms with Gasteiger partial charge in [-0.3, -0.25) is 0 Å². The van der Waals surface area contributed by atoms with E-state index < -0.39 is 0 Å². The minimum absolute atomic E-state index is 0.662. The average Bonchev–Trinajstić information content (AvgIpc) is 2.85. The first-order chi connectivity index (χ1) is 9.31. The molecule has 19 heavy (non-hydrogen) atoms. The first kappa shape index (κ1) is 14.9. The van der Waals surface area contributed by atoms with Crippen molar-refractivity contribution in [2.24, 2.45) is 0 Å². The standard InChI is InChI=1S/C17H27NS/c1-3-4-5-6-9-14(2)18-12-15-13-19-17-11-8-7-10-16(15)17/h7-8,10-11,14-15,18H,3-6,9,12-13H2,1-2H3. The van der Waals surface area contributed by atoms with Gasteiger partial charge in [0.1, 0.15) is 0 Å². The lowest BCUT2D eigenvalue weighted by Gasteiger charge is -2.17. The van der Waals surface area contributed by atoms with E-state index >= 15 is 0 Å². The zero-order chi connectivity index (χ0) is 13.5. The molecule has 0 aromatic heterocycles. The summed E-state index contributed by atoms with van der Waals surface area (Å²) >= 11 is 2.01. The lowest BCUT2D eigenvalue weighted by molar-refractivity contribution is 0.470. The fraction of sp³-hybridized carbons (Fsp3) is 0.647. The molecule has 1 N–H and O–H groups in total. The van der Waals surface area contributed by atoms with Crippen molar-refractivity contribution in [1.82, 2.24) is 5.32 Å². The molecule has 1 aromatic carbocycles. The largest absolute Gasteiger partial charge is 0.314 e. The highest BCUT2D eigenvalue weighted by atomic mass is 32.2. The van der Waals surface area contributed by atoms with Gasteiger partial charge in [-0.1, -0.05) is 50.8 Å². The van der Waals surface area contributed by atoms with Crippen molar-refractivity contribution < 1.29 is 0 Å². The van der Waals surface area contributed by atoms with Crippen molar-refractivity contribution in [3.8, 4) is 0 Å². The summed E-state index contributed by atoms with van der Waals surface area (Å²) in [6, 6.07) is 9.54. The Labute approximate surface area is 122 Å². The molecule has 1 heterocycles. The monoisotopic (exact) mass is 277 g/mol. The molecule has 0 amide bonds. The van der Waals surface area contributed by atoms with Crippen LogP contribution in [0.1, 0.15) is 57.4 Å². The molecule has 0 bridgehead atoms. The molecule has 0 saturated carbocycles. The summed E-state index contributed by atoms with van der Waals surface area (Å²) in [5.74, 6) is 1.95. The van der Waals surface area contributed by atoms with E-state index in [-0.39, 0.29) is 0 Å². The van der Waals surface area contributed by atoms with Crippen LogP contribution in [-0.4, -0.2) is 18.3 Å². The van der Waals surface area contributed by atoms with E-state index in [9.17, 15) is 0 Å². The van der Waals surface area contributed by atoms with Crippen LogP contribution in [0.3, 0.4) is 0 Å². The minimum Gasteiger partial charge on any atom is -0.314 e. The van der Waals surface area contributed by atoms with Crippen molar-refractivity contribution in [3.05, 3.63) is 29.8 Å². The summed E-state index contributed by atoms with van der Waals surface area (Å²) in [7, 11) is 0. The van der Waals surface area contributed by atoms with E-state index in [1.807, 2.05) is 11.8 Å². The van der Waals surface area contributed by atoms with Gasteiger partial charge in [0, 0.05) is 29.2 Å². The molecule has 0 aliphatic carbocycles. The molecule has 2 heteroatoms. The quantitative estimate of drug-likeness (QED) is 0.683. The number of thioether (sulfide) groups is 1. The maximum atomic E-state index is 3.73. The summed E-state index contributed by atoms with van der Waals surface area (Å²) in [5, 5.41) is 3.73. The predicted molar refractivity (Wildman–Crippen MR) is 86.1 cm³/mol. The number of hydrogen-bond donors (Lipinski definition) is 1. The fourth-order valence-corrected chi connectivity index (χ4v) is 3.98. The van der Waals surface area contributed by atoms with Gasteiger partial charge in [-0.2, -0.15) is 0 Å². The highest BCUT2D eigenvalue weighted by Gasteiger charge is 2.22. The molecule has 106 valence electrons. The summed E-state index contributed by atoms with van der Waals surface area (Å²) in [6.45, 7) is 5.75. The summed E-state index contributed by atoms with van der Waals surface area (Å²) < 4.78 is 0. The molecular weight excluding hydrogens is 250 g/mol. The van der Waals surface area contributed by atoms with Crippen LogP contribution in [0.5, 0.6) is 0 Å². The molecule has 1 aliphatic rings. The third-order valence-corrected chi connectivity index (χ3v) is 5.25. The van der Waals surface area contributed by atoms with Crippen LogP contribution in [0.2, 0.25) is 0 Å². The predicted octanol–water partition coefficient (Wildman–Crippen LogP) is 4.82. The van der Waals surface area contributed by atoms with Gasteiger partial charge < -0.3 is 5.32 Å². The Balaban J connectivity index is 1.69. The second kappa shape index (κ2) is 7.96. The van der Waals surface area contributed by atoms with Gasteiger partial charge in [-0.05, 0) is 25.0 Å². The maximum Gasteiger partial charge on any atom is 0.0108 e. The Bertz CT molecular complexity index is 377. The van der Waals surface area contributed by atoms with Gasteiger partial charge in [0.25, 0.3) is 0 Å². The second-order valence-electron chi connectivity index (χ2n) is 5.70. The number of unbranched alkanes of at least 4 members (excludes halogenated alkanes) is 3. The van der Waals surface area contributed by atoms with E-state index in [2.05, 4.69) is 43.4 Å². The molecule has 2 rings (SSSR count). The normalized spacial score (nSPS) is 19.4. The van der Waals surface area contributed by atoms with Gasteiger partial charge >= 0.3 is 0 Å². The van der Waals surface area contributed by atoms with E-state index in [4.69, 9.17) is 0 Å². The highest BCUT2D eigenvalue weighted by molar-refractivity contribution is 7.99. The molecule has 1 aromatic rings. The third-order valence-electron chi connectivity index (χ3n) is 4.00. The molecule has 0 spiro atoms. The summed E-state index contributed by atoms with van der Waals surface area (Å²) in [4.78, 5) is 1.49. The molecule has 2 atom stereocenters. The van der Waals surface area contributed by atoms with Gasteiger partial charge in [0.2, 0.25) is 0 Å². The van der Waals surface area contributed by atoms with E-state index in [0.717, 1.165) is 6.54 Å². The van der Waals surface area contributed by atoms with Gasteiger partial charge in [-0.15, -0.1) is 11.8 Å². The summed E-state index contributed by atoms with van der Waals surface area (Å²) in [6.07, 6.45) is 6.81. The van der Waals surface area contributed by atoms with Crippen molar-refractivity contribution >= 4 is 11.8 Å². The van der Waals surface area contributed by atoms with Crippen LogP contribution in [0.15, 0.2) is 29.2 Å². The Kier molecular flexibility index (Phi) is 6.25. The molecule has 0 fully saturated rings. The lowest BCUT2D eigenvalue weighted by atomic mass is 10.0. The fourth-order valence-electron chi connectivity index (χ4n) is 2.72. The van der Waals surface area contributed by atoms with Crippen LogP contribution in [0, 0.1) is 0 Å². The van der Waals surface area contributed by atoms with Crippen LogP contribution in [0.4, 0.5) is 0 Å². The maximum absolute atomic E-state index is 3.73. The average molecular weight is 277 g/mol. The third kappa shape index (κ3) is 4.54. The number of benzene rings is 1. The first-order valence-corrected chi connectivity index (χ1v) is 8.75. The van der Waals surface area contributed by atoms with E-state index in [0.29, 0.717) is 12.0 Å². The number of fused-ring (bicyclic) bond motifs is 1. The lowest BCUT2D eigenvalue weighted by Crippen LogP contribution is -2.30. The Hall–Kier alpha value is -0.470. The van der Waals surface area contributed by atoms with Crippen molar-refractivity contribution in [2.45, 2.75) is 62.8 Å². The van der Waals surface area contributed by atoms with E-state index in [1.54, 1.807) is 5.56 Å². The van der Waals surface area contributed by atoms with Gasteiger partial charge in [-0.25, -0.2) is 0 Å². The highest BCUT2D eigenvalue weighted by Crippen LogP contribution is 2.38. The van der Waals surface area contributed by atoms with Crippen LogP contribution in [0.25, 0.3) is 0 Å². The first-order valence-electron chi connectivity index (χ1n) is 7.76. The van der Waals surface area contributed by atoms with Gasteiger partial charge in [0.05, 0.1) is 0 Å². The Morgan fingerprint density at radius 2 is 2.11 bits per heavy atom. The topological polar surface area (TPSA) is 12.0 Å². The number of rotatable bonds is 8. The Morgan fingerprint density at radius 3 is 2.95 bits per heavy atom. The number of nitrogens with one attached hydrogen (secondary N) is 1. The molecule has 1 aliphatic heterocycles. The smallest absolute Gasteiger partial charge is 0.0108 e. The van der Waals surface area contributed by atoms with Crippen molar-refractivity contribution in [1.29, 1.82) is 0 Å². The zero-order valence-electron chi connectivity index (χ0n) is 12.3. The molecule has 2 unspecified atom stereocenters. The van der Waals surface area contributed by atoms with Crippen LogP contribution >= 0.6 is 11.8 Å². The van der Waals surface area contributed by atoms with Crippen molar-refractivity contribution in [3.63, 3.8) is 0 Å². The minimum atomic E-state index is 0.662. The second-order valence-corrected chi connectivity index (χ2v) is 6.77.